The third-order valence-electron chi connectivity index (χ3n) is 6.68. The number of halogens is 1. The largest absolute Gasteiger partial charge is 0.480 e. The van der Waals surface area contributed by atoms with Crippen molar-refractivity contribution in [1.29, 1.82) is 0 Å². The second kappa shape index (κ2) is 9.25. The van der Waals surface area contributed by atoms with Crippen LogP contribution in [0.1, 0.15) is 41.0 Å². The molecule has 1 aliphatic rings. The Morgan fingerprint density at radius 2 is 1.76 bits per heavy atom. The second-order valence-electron chi connectivity index (χ2n) is 9.68. The molecule has 9 heteroatoms. The molecule has 5 rings (SSSR count). The van der Waals surface area contributed by atoms with Crippen molar-refractivity contribution in [2.24, 2.45) is 0 Å². The summed E-state index contributed by atoms with van der Waals surface area (Å²) in [6.07, 6.45) is 0. The van der Waals surface area contributed by atoms with E-state index in [0.29, 0.717) is 40.7 Å². The maximum Gasteiger partial charge on any atom is 0.323 e. The fourth-order valence-corrected chi connectivity index (χ4v) is 4.47. The van der Waals surface area contributed by atoms with Crippen LogP contribution in [-0.2, 0) is 24.4 Å². The smallest absolute Gasteiger partial charge is 0.323 e. The van der Waals surface area contributed by atoms with E-state index in [2.05, 4.69) is 15.3 Å². The summed E-state index contributed by atoms with van der Waals surface area (Å²) in [5.41, 5.74) is 9.54. The van der Waals surface area contributed by atoms with Crippen molar-refractivity contribution >= 4 is 28.7 Å². The van der Waals surface area contributed by atoms with E-state index in [1.807, 2.05) is 24.3 Å². The molecule has 0 saturated carbocycles. The zero-order valence-corrected chi connectivity index (χ0v) is 20.5. The molecule has 3 aromatic carbocycles. The Morgan fingerprint density at radius 1 is 1.05 bits per heavy atom. The fourth-order valence-electron chi connectivity index (χ4n) is 4.47. The molecule has 8 nitrogen and oxygen atoms in total. The molecule has 188 valence electrons. The summed E-state index contributed by atoms with van der Waals surface area (Å²) in [6.45, 7) is 4.26. The first kappa shape index (κ1) is 24.3. The van der Waals surface area contributed by atoms with E-state index >= 15 is 0 Å². The van der Waals surface area contributed by atoms with Crippen LogP contribution in [0.2, 0.25) is 0 Å². The molecule has 37 heavy (non-hydrogen) atoms. The minimum absolute atomic E-state index is 0.00754. The number of amides is 1. The van der Waals surface area contributed by atoms with Gasteiger partial charge in [0, 0.05) is 25.0 Å². The number of nitrogens with zero attached hydrogens (tertiary/aromatic N) is 3. The Labute approximate surface area is 213 Å². The van der Waals surface area contributed by atoms with Gasteiger partial charge in [0.15, 0.2) is 0 Å². The summed E-state index contributed by atoms with van der Waals surface area (Å²) in [4.78, 5) is 35.4. The monoisotopic (exact) mass is 499 g/mol. The van der Waals surface area contributed by atoms with E-state index in [0.717, 1.165) is 11.1 Å². The molecule has 0 bridgehead atoms. The van der Waals surface area contributed by atoms with Gasteiger partial charge in [-0.05, 0) is 65.9 Å². The molecule has 1 aromatic heterocycles. The van der Waals surface area contributed by atoms with E-state index in [-0.39, 0.29) is 24.1 Å². The number of aromatic nitrogens is 2. The van der Waals surface area contributed by atoms with Gasteiger partial charge in [-0.15, -0.1) is 0 Å². The number of rotatable bonds is 6. The zero-order valence-electron chi connectivity index (χ0n) is 20.5. The van der Waals surface area contributed by atoms with E-state index < -0.39 is 17.3 Å². The molecule has 2 heterocycles. The average molecular weight is 500 g/mol. The maximum absolute atomic E-state index is 14.3. The average Bonchev–Trinajstić information content (AvgIpc) is 3.31. The number of fused-ring (bicyclic) bond motifs is 2. The van der Waals surface area contributed by atoms with Crippen LogP contribution >= 0.6 is 0 Å². The lowest BCUT2D eigenvalue weighted by Gasteiger charge is -2.22. The first-order valence-corrected chi connectivity index (χ1v) is 11.8. The van der Waals surface area contributed by atoms with Gasteiger partial charge in [0.1, 0.15) is 17.1 Å². The number of nitrogen functional groups attached to an aromatic ring is 1. The fraction of sp³-hybridized carbons (Fsp3) is 0.214. The second-order valence-corrected chi connectivity index (χ2v) is 9.68. The molecule has 1 aliphatic heterocycles. The Morgan fingerprint density at radius 3 is 2.43 bits per heavy atom. The van der Waals surface area contributed by atoms with Gasteiger partial charge in [-0.3, -0.25) is 14.9 Å². The van der Waals surface area contributed by atoms with Crippen molar-refractivity contribution in [2.75, 3.05) is 5.73 Å². The van der Waals surface area contributed by atoms with Crippen molar-refractivity contribution in [3.8, 4) is 11.1 Å². The number of benzene rings is 3. The number of hydrogen-bond donors (Lipinski definition) is 3. The normalized spacial score (nSPS) is 13.1. The lowest BCUT2D eigenvalue weighted by Crippen LogP contribution is -2.46. The van der Waals surface area contributed by atoms with Crippen molar-refractivity contribution in [2.45, 2.75) is 39.0 Å². The Kier molecular flexibility index (Phi) is 6.08. The minimum atomic E-state index is -1.17. The Balaban J connectivity index is 1.54. The van der Waals surface area contributed by atoms with Crippen molar-refractivity contribution in [3.05, 3.63) is 88.9 Å². The van der Waals surface area contributed by atoms with Crippen LogP contribution in [-0.4, -0.2) is 37.4 Å². The maximum atomic E-state index is 14.3. The van der Waals surface area contributed by atoms with Gasteiger partial charge in [-0.25, -0.2) is 14.4 Å². The zero-order chi connectivity index (χ0) is 26.3. The van der Waals surface area contributed by atoms with Crippen molar-refractivity contribution in [1.82, 2.24) is 20.2 Å². The van der Waals surface area contributed by atoms with Crippen LogP contribution in [0.15, 0.2) is 60.7 Å². The van der Waals surface area contributed by atoms with Crippen LogP contribution in [0.4, 0.5) is 10.3 Å². The number of nitrogens with one attached hydrogen (secondary N) is 1. The number of aliphatic carboxylic acids is 1. The van der Waals surface area contributed by atoms with Gasteiger partial charge < -0.3 is 15.7 Å². The van der Waals surface area contributed by atoms with Gasteiger partial charge >= 0.3 is 5.97 Å². The molecule has 0 spiro atoms. The summed E-state index contributed by atoms with van der Waals surface area (Å²) in [6, 6.07) is 17.5. The van der Waals surface area contributed by atoms with E-state index in [1.54, 1.807) is 43.0 Å². The molecule has 4 aromatic rings. The number of carbonyl (C=O) groups excluding carboxylic acids is 1. The molecule has 4 N–H and O–H groups in total. The lowest BCUT2D eigenvalue weighted by atomic mass is 9.96. The molecule has 0 atom stereocenters. The Hall–Kier alpha value is -4.37. The van der Waals surface area contributed by atoms with Gasteiger partial charge in [0.2, 0.25) is 5.95 Å². The van der Waals surface area contributed by atoms with Gasteiger partial charge in [0.25, 0.3) is 5.91 Å². The molecule has 0 aliphatic carbocycles. The number of anilines is 1. The molecule has 0 fully saturated rings. The third kappa shape index (κ3) is 4.73. The van der Waals surface area contributed by atoms with Crippen LogP contribution in [0.5, 0.6) is 0 Å². The number of hydrogen-bond acceptors (Lipinski definition) is 6. The van der Waals surface area contributed by atoms with E-state index in [4.69, 9.17) is 5.73 Å². The summed E-state index contributed by atoms with van der Waals surface area (Å²) in [5.74, 6) is -1.71. The number of carbonyl (C=O) groups is 2. The molecule has 1 amide bonds. The highest BCUT2D eigenvalue weighted by Gasteiger charge is 2.28. The number of carboxylic acids is 1. The van der Waals surface area contributed by atoms with E-state index in [9.17, 15) is 19.1 Å². The SMILES string of the molecule is CC(C)(NCc1ccc(F)cc1-c1ccc2nc(N)nc(C(=O)N3Cc4ccccc4C3)c2c1)C(=O)O. The quantitative estimate of drug-likeness (QED) is 0.365. The van der Waals surface area contributed by atoms with Crippen molar-refractivity contribution < 1.29 is 19.1 Å². The predicted molar refractivity (Wildman–Crippen MR) is 138 cm³/mol. The van der Waals surface area contributed by atoms with Crippen LogP contribution < -0.4 is 11.1 Å². The Bertz CT molecular complexity index is 1530. The lowest BCUT2D eigenvalue weighted by molar-refractivity contribution is -0.143. The minimum Gasteiger partial charge on any atom is -0.480 e. The van der Waals surface area contributed by atoms with Crippen LogP contribution in [0, 0.1) is 5.82 Å². The number of carboxylic acid groups (broad SMARTS) is 1. The van der Waals surface area contributed by atoms with E-state index in [1.165, 1.54) is 12.1 Å². The number of nitrogens with two attached hydrogens (primary N) is 1. The van der Waals surface area contributed by atoms with Gasteiger partial charge in [-0.2, -0.15) is 0 Å². The van der Waals surface area contributed by atoms with Gasteiger partial charge in [0.05, 0.1) is 5.52 Å². The summed E-state index contributed by atoms with van der Waals surface area (Å²) < 4.78 is 14.3. The first-order valence-electron chi connectivity index (χ1n) is 11.8. The van der Waals surface area contributed by atoms with Crippen LogP contribution in [0.3, 0.4) is 0 Å². The topological polar surface area (TPSA) is 121 Å². The standard InChI is InChI=1S/C28H26FN5O3/c1-28(2,26(36)37)31-13-17-7-9-20(29)12-21(17)16-8-10-23-22(11-16)24(33-27(30)32-23)25(35)34-14-18-5-3-4-6-19(18)15-34/h3-12,31H,13-15H2,1-2H3,(H,36,37)(H2,30,32,33). The molecule has 0 unspecified atom stereocenters. The highest BCUT2D eigenvalue weighted by molar-refractivity contribution is 6.06. The third-order valence-corrected chi connectivity index (χ3v) is 6.68. The molecule has 0 radical (unpaired) electrons. The predicted octanol–water partition coefficient (Wildman–Crippen LogP) is 4.13. The van der Waals surface area contributed by atoms with Crippen molar-refractivity contribution in [3.63, 3.8) is 0 Å². The highest BCUT2D eigenvalue weighted by atomic mass is 19.1. The molecular weight excluding hydrogens is 473 g/mol. The van der Waals surface area contributed by atoms with Gasteiger partial charge in [-0.1, -0.05) is 36.4 Å². The summed E-state index contributed by atoms with van der Waals surface area (Å²) in [5, 5.41) is 12.9. The molecule has 0 saturated heterocycles. The summed E-state index contributed by atoms with van der Waals surface area (Å²) in [7, 11) is 0. The first-order chi connectivity index (χ1) is 17.6. The highest BCUT2D eigenvalue weighted by Crippen LogP contribution is 2.31. The summed E-state index contributed by atoms with van der Waals surface area (Å²) >= 11 is 0. The molecular formula is C28H26FN5O3. The van der Waals surface area contributed by atoms with Crippen LogP contribution in [0.25, 0.3) is 22.0 Å².